The van der Waals surface area contributed by atoms with Gasteiger partial charge in [0.25, 0.3) is 11.6 Å². The molecule has 0 bridgehead atoms. The van der Waals surface area contributed by atoms with Crippen LogP contribution in [0.25, 0.3) is 0 Å². The number of likely N-dealkylation sites (tertiary alicyclic amines) is 1. The van der Waals surface area contributed by atoms with Gasteiger partial charge in [-0.2, -0.15) is 0 Å². The van der Waals surface area contributed by atoms with Crippen molar-refractivity contribution in [3.05, 3.63) is 69.3 Å². The number of hydrogen-bond donors (Lipinski definition) is 2. The first kappa shape index (κ1) is 19.8. The van der Waals surface area contributed by atoms with Crippen LogP contribution >= 0.6 is 0 Å². The number of quaternary nitrogens is 1. The van der Waals surface area contributed by atoms with E-state index in [0.29, 0.717) is 17.8 Å². The first-order valence-corrected chi connectivity index (χ1v) is 9.60. The standard InChI is InChI=1S/C21H26N4O3/c1-23(2)20-10-9-18(25(27)28)13-19(20)21(26)22-14-16-7-3-4-8-17(16)15-24-11-5-6-12-24/h3-4,7-10,13H,5-6,11-12,14-15H2,1-2H3,(H,22,26)/p+1. The summed E-state index contributed by atoms with van der Waals surface area (Å²) >= 11 is 0. The van der Waals surface area contributed by atoms with Gasteiger partial charge in [-0.1, -0.05) is 24.3 Å². The summed E-state index contributed by atoms with van der Waals surface area (Å²) < 4.78 is 0. The Balaban J connectivity index is 1.75. The number of carbonyl (C=O) groups excluding carboxylic acids is 1. The van der Waals surface area contributed by atoms with Crippen molar-refractivity contribution < 1.29 is 14.6 Å². The fraction of sp³-hybridized carbons (Fsp3) is 0.381. The second-order valence-corrected chi connectivity index (χ2v) is 7.44. The monoisotopic (exact) mass is 383 g/mol. The lowest BCUT2D eigenvalue weighted by atomic mass is 10.1. The van der Waals surface area contributed by atoms with Crippen molar-refractivity contribution >= 4 is 17.3 Å². The number of anilines is 1. The zero-order valence-corrected chi connectivity index (χ0v) is 16.4. The highest BCUT2D eigenvalue weighted by molar-refractivity contribution is 6.00. The Hall–Kier alpha value is -2.93. The molecule has 7 heteroatoms. The average molecular weight is 383 g/mol. The molecule has 1 heterocycles. The maximum Gasteiger partial charge on any atom is 0.270 e. The molecule has 2 aromatic carbocycles. The van der Waals surface area contributed by atoms with Crippen LogP contribution in [0.1, 0.15) is 34.3 Å². The third-order valence-electron chi connectivity index (χ3n) is 5.23. The zero-order valence-electron chi connectivity index (χ0n) is 16.4. The predicted octanol–water partition coefficient (Wildman–Crippen LogP) is 1.77. The number of rotatable bonds is 7. The van der Waals surface area contributed by atoms with E-state index in [1.54, 1.807) is 15.9 Å². The Bertz CT molecular complexity index is 860. The fourth-order valence-corrected chi connectivity index (χ4v) is 3.70. The fourth-order valence-electron chi connectivity index (χ4n) is 3.70. The molecule has 7 nitrogen and oxygen atoms in total. The number of carbonyl (C=O) groups is 1. The van der Waals surface area contributed by atoms with E-state index in [1.807, 2.05) is 32.3 Å². The molecule has 0 radical (unpaired) electrons. The number of nitro groups is 1. The van der Waals surface area contributed by atoms with Crippen molar-refractivity contribution in [1.82, 2.24) is 5.32 Å². The van der Waals surface area contributed by atoms with Crippen LogP contribution in [-0.2, 0) is 13.1 Å². The van der Waals surface area contributed by atoms with Gasteiger partial charge in [-0.15, -0.1) is 0 Å². The van der Waals surface area contributed by atoms with Crippen molar-refractivity contribution in [3.63, 3.8) is 0 Å². The van der Waals surface area contributed by atoms with Crippen LogP contribution in [0.5, 0.6) is 0 Å². The number of nitrogens with zero attached hydrogens (tertiary/aromatic N) is 2. The third-order valence-corrected chi connectivity index (χ3v) is 5.23. The molecular formula is C21H27N4O3+. The molecule has 0 unspecified atom stereocenters. The topological polar surface area (TPSA) is 79.9 Å². The summed E-state index contributed by atoms with van der Waals surface area (Å²) in [6.07, 6.45) is 2.54. The van der Waals surface area contributed by atoms with Gasteiger partial charge in [0.05, 0.1) is 23.6 Å². The smallest absolute Gasteiger partial charge is 0.270 e. The molecule has 28 heavy (non-hydrogen) atoms. The molecule has 0 aromatic heterocycles. The minimum absolute atomic E-state index is 0.0891. The molecule has 0 spiro atoms. The molecular weight excluding hydrogens is 356 g/mol. The number of benzene rings is 2. The van der Waals surface area contributed by atoms with Gasteiger partial charge in [0.2, 0.25) is 0 Å². The maximum absolute atomic E-state index is 12.8. The quantitative estimate of drug-likeness (QED) is 0.564. The van der Waals surface area contributed by atoms with E-state index in [-0.39, 0.29) is 11.6 Å². The molecule has 1 aliphatic heterocycles. The first-order chi connectivity index (χ1) is 13.5. The van der Waals surface area contributed by atoms with Gasteiger partial charge < -0.3 is 15.1 Å². The lowest BCUT2D eigenvalue weighted by Gasteiger charge is -2.18. The van der Waals surface area contributed by atoms with Crippen LogP contribution in [0.15, 0.2) is 42.5 Å². The van der Waals surface area contributed by atoms with Crippen molar-refractivity contribution in [2.24, 2.45) is 0 Å². The zero-order chi connectivity index (χ0) is 20.1. The molecule has 3 rings (SSSR count). The van der Waals surface area contributed by atoms with Gasteiger partial charge >= 0.3 is 0 Å². The average Bonchev–Trinajstić information content (AvgIpc) is 3.19. The van der Waals surface area contributed by atoms with E-state index < -0.39 is 4.92 Å². The lowest BCUT2D eigenvalue weighted by Crippen LogP contribution is -3.08. The van der Waals surface area contributed by atoms with E-state index in [4.69, 9.17) is 0 Å². The Kier molecular flexibility index (Phi) is 6.26. The number of amides is 1. The molecule has 1 amide bonds. The second kappa shape index (κ2) is 8.84. The second-order valence-electron chi connectivity index (χ2n) is 7.44. The molecule has 148 valence electrons. The predicted molar refractivity (Wildman–Crippen MR) is 109 cm³/mol. The Labute approximate surface area is 165 Å². The third kappa shape index (κ3) is 4.67. The molecule has 0 atom stereocenters. The van der Waals surface area contributed by atoms with E-state index in [2.05, 4.69) is 11.4 Å². The van der Waals surface area contributed by atoms with Crippen LogP contribution in [0.4, 0.5) is 11.4 Å². The van der Waals surface area contributed by atoms with Crippen LogP contribution in [0.3, 0.4) is 0 Å². The van der Waals surface area contributed by atoms with Gasteiger partial charge in [-0.25, -0.2) is 0 Å². The maximum atomic E-state index is 12.8. The van der Waals surface area contributed by atoms with Crippen LogP contribution in [-0.4, -0.2) is 38.0 Å². The molecule has 1 saturated heterocycles. The summed E-state index contributed by atoms with van der Waals surface area (Å²) in [5.41, 5.74) is 3.20. The highest BCUT2D eigenvalue weighted by atomic mass is 16.6. The minimum atomic E-state index is -0.482. The molecule has 2 N–H and O–H groups in total. The first-order valence-electron chi connectivity index (χ1n) is 9.60. The number of non-ortho nitro benzene ring substituents is 1. The summed E-state index contributed by atoms with van der Waals surface area (Å²) in [7, 11) is 3.62. The summed E-state index contributed by atoms with van der Waals surface area (Å²) in [5.74, 6) is -0.310. The molecule has 1 fully saturated rings. The number of hydrogen-bond acceptors (Lipinski definition) is 4. The van der Waals surface area contributed by atoms with E-state index >= 15 is 0 Å². The van der Waals surface area contributed by atoms with Crippen molar-refractivity contribution in [2.75, 3.05) is 32.1 Å². The molecule has 2 aromatic rings. The Morgan fingerprint density at radius 2 is 1.82 bits per heavy atom. The molecule has 1 aliphatic rings. The van der Waals surface area contributed by atoms with Crippen LogP contribution in [0, 0.1) is 10.1 Å². The van der Waals surface area contributed by atoms with Crippen molar-refractivity contribution in [3.8, 4) is 0 Å². The van der Waals surface area contributed by atoms with Crippen LogP contribution < -0.4 is 15.1 Å². The molecule has 0 aliphatic carbocycles. The van der Waals surface area contributed by atoms with Gasteiger partial charge in [-0.3, -0.25) is 14.9 Å². The summed E-state index contributed by atoms with van der Waals surface area (Å²) in [4.78, 5) is 26.8. The normalized spacial score (nSPS) is 14.1. The minimum Gasteiger partial charge on any atom is -0.377 e. The van der Waals surface area contributed by atoms with Crippen molar-refractivity contribution in [1.29, 1.82) is 0 Å². The van der Waals surface area contributed by atoms with Crippen molar-refractivity contribution in [2.45, 2.75) is 25.9 Å². The highest BCUT2D eigenvalue weighted by Crippen LogP contribution is 2.24. The number of nitro benzene ring substituents is 1. The molecule has 0 saturated carbocycles. The Morgan fingerprint density at radius 1 is 1.14 bits per heavy atom. The van der Waals surface area contributed by atoms with E-state index in [1.165, 1.54) is 43.6 Å². The summed E-state index contributed by atoms with van der Waals surface area (Å²) in [5, 5.41) is 14.0. The van der Waals surface area contributed by atoms with Gasteiger partial charge in [-0.05, 0) is 11.6 Å². The summed E-state index contributed by atoms with van der Waals surface area (Å²) in [6, 6.07) is 12.5. The van der Waals surface area contributed by atoms with Gasteiger partial charge in [0, 0.05) is 56.9 Å². The summed E-state index contributed by atoms with van der Waals surface area (Å²) in [6.45, 7) is 3.75. The SMILES string of the molecule is CN(C)c1ccc([N+](=O)[O-])cc1C(=O)NCc1ccccc1C[NH+]1CCCC1. The van der Waals surface area contributed by atoms with Crippen LogP contribution in [0.2, 0.25) is 0 Å². The van der Waals surface area contributed by atoms with Gasteiger partial charge in [0.15, 0.2) is 0 Å². The highest BCUT2D eigenvalue weighted by Gasteiger charge is 2.20. The van der Waals surface area contributed by atoms with E-state index in [0.717, 1.165) is 12.1 Å². The lowest BCUT2D eigenvalue weighted by molar-refractivity contribution is -0.901. The van der Waals surface area contributed by atoms with E-state index in [9.17, 15) is 14.9 Å². The Morgan fingerprint density at radius 3 is 2.46 bits per heavy atom. The number of nitrogens with one attached hydrogen (secondary N) is 2. The van der Waals surface area contributed by atoms with Gasteiger partial charge in [0.1, 0.15) is 6.54 Å². The largest absolute Gasteiger partial charge is 0.377 e.